The molecule has 0 fully saturated rings. The first-order valence-corrected chi connectivity index (χ1v) is 28.8. The lowest BCUT2D eigenvalue weighted by molar-refractivity contribution is -0.167. The summed E-state index contributed by atoms with van der Waals surface area (Å²) in [6, 6.07) is 0. The van der Waals surface area contributed by atoms with E-state index in [4.69, 9.17) is 14.2 Å². The van der Waals surface area contributed by atoms with Gasteiger partial charge < -0.3 is 14.2 Å². The lowest BCUT2D eigenvalue weighted by Crippen LogP contribution is -2.30. The molecule has 1 unspecified atom stereocenters. The number of hydrogen-bond donors (Lipinski definition) is 0. The van der Waals surface area contributed by atoms with Crippen LogP contribution in [0.3, 0.4) is 0 Å². The third-order valence-electron chi connectivity index (χ3n) is 13.6. The van der Waals surface area contributed by atoms with Gasteiger partial charge in [0.15, 0.2) is 6.10 Å². The van der Waals surface area contributed by atoms with Crippen LogP contribution < -0.4 is 0 Å². The molecule has 0 aliphatic carbocycles. The largest absolute Gasteiger partial charge is 0.462 e. The molecular formula is C58H112O6. The second kappa shape index (κ2) is 50.8. The minimum absolute atomic E-state index is 0.0627. The van der Waals surface area contributed by atoms with Gasteiger partial charge in [0.25, 0.3) is 0 Å². The molecule has 2 atom stereocenters. The Kier molecular flexibility index (Phi) is 49.6. The molecule has 0 aromatic heterocycles. The molecule has 0 heterocycles. The van der Waals surface area contributed by atoms with Crippen molar-refractivity contribution < 1.29 is 28.6 Å². The molecule has 0 saturated heterocycles. The topological polar surface area (TPSA) is 78.9 Å². The number of carbonyl (C=O) groups is 3. The summed E-state index contributed by atoms with van der Waals surface area (Å²) in [4.78, 5) is 38.1. The summed E-state index contributed by atoms with van der Waals surface area (Å²) in [5.41, 5.74) is 0. The Hall–Kier alpha value is -1.59. The number of hydrogen-bond acceptors (Lipinski definition) is 6. The Morgan fingerprint density at radius 1 is 0.328 bits per heavy atom. The zero-order valence-corrected chi connectivity index (χ0v) is 43.9. The zero-order valence-electron chi connectivity index (χ0n) is 43.9. The molecule has 0 rings (SSSR count). The number of esters is 3. The van der Waals surface area contributed by atoms with Crippen molar-refractivity contribution in [3.05, 3.63) is 0 Å². The maximum absolute atomic E-state index is 12.8. The van der Waals surface area contributed by atoms with Crippen LogP contribution >= 0.6 is 0 Å². The van der Waals surface area contributed by atoms with Gasteiger partial charge in [-0.3, -0.25) is 14.4 Å². The molecule has 0 saturated carbocycles. The van der Waals surface area contributed by atoms with E-state index in [9.17, 15) is 14.4 Å². The second-order valence-electron chi connectivity index (χ2n) is 20.6. The summed E-state index contributed by atoms with van der Waals surface area (Å²) in [6.07, 6.45) is 53.7. The van der Waals surface area contributed by atoms with E-state index in [-0.39, 0.29) is 31.1 Å². The van der Waals surface area contributed by atoms with E-state index in [0.29, 0.717) is 19.3 Å². The molecule has 0 amide bonds. The Bertz CT molecular complexity index is 980. The molecule has 6 heteroatoms. The summed E-state index contributed by atoms with van der Waals surface area (Å²) in [5, 5.41) is 0. The minimum Gasteiger partial charge on any atom is -0.462 e. The molecule has 0 aliphatic heterocycles. The lowest BCUT2D eigenvalue weighted by Gasteiger charge is -2.18. The van der Waals surface area contributed by atoms with Crippen molar-refractivity contribution in [3.63, 3.8) is 0 Å². The maximum atomic E-state index is 12.8. The number of rotatable bonds is 52. The highest BCUT2D eigenvalue weighted by molar-refractivity contribution is 5.71. The maximum Gasteiger partial charge on any atom is 0.306 e. The fraction of sp³-hybridized carbons (Fsp3) is 0.948. The summed E-state index contributed by atoms with van der Waals surface area (Å²) in [6.45, 7) is 11.4. The van der Waals surface area contributed by atoms with Crippen LogP contribution in [-0.2, 0) is 28.6 Å². The number of unbranched alkanes of at least 4 members (excludes halogenated alkanes) is 36. The van der Waals surface area contributed by atoms with Gasteiger partial charge in [-0.2, -0.15) is 0 Å². The van der Waals surface area contributed by atoms with Crippen molar-refractivity contribution in [2.45, 2.75) is 330 Å². The number of ether oxygens (including phenoxy) is 3. The molecule has 0 aliphatic rings. The minimum atomic E-state index is -0.762. The van der Waals surface area contributed by atoms with E-state index in [0.717, 1.165) is 69.6 Å². The lowest BCUT2D eigenvalue weighted by atomic mass is 9.99. The van der Waals surface area contributed by atoms with Crippen LogP contribution in [0.2, 0.25) is 0 Å². The Morgan fingerprint density at radius 3 is 0.891 bits per heavy atom. The van der Waals surface area contributed by atoms with E-state index in [1.165, 1.54) is 212 Å². The quantitative estimate of drug-likeness (QED) is 0.0344. The average Bonchev–Trinajstić information content (AvgIpc) is 3.28. The van der Waals surface area contributed by atoms with Crippen LogP contribution in [0.15, 0.2) is 0 Å². The fourth-order valence-electron chi connectivity index (χ4n) is 8.84. The van der Waals surface area contributed by atoms with E-state index in [1.807, 2.05) is 0 Å². The van der Waals surface area contributed by atoms with Gasteiger partial charge in [-0.1, -0.05) is 285 Å². The summed E-state index contributed by atoms with van der Waals surface area (Å²) < 4.78 is 16.9. The first kappa shape index (κ1) is 62.4. The van der Waals surface area contributed by atoms with Crippen molar-refractivity contribution in [3.8, 4) is 0 Å². The smallest absolute Gasteiger partial charge is 0.306 e. The van der Waals surface area contributed by atoms with E-state index in [2.05, 4.69) is 34.6 Å². The van der Waals surface area contributed by atoms with E-state index in [1.54, 1.807) is 0 Å². The van der Waals surface area contributed by atoms with Crippen LogP contribution in [0.5, 0.6) is 0 Å². The molecule has 0 N–H and O–H groups in total. The van der Waals surface area contributed by atoms with Gasteiger partial charge in [0.05, 0.1) is 0 Å². The highest BCUT2D eigenvalue weighted by Gasteiger charge is 2.19. The molecule has 6 nitrogen and oxygen atoms in total. The van der Waals surface area contributed by atoms with Gasteiger partial charge >= 0.3 is 17.9 Å². The first-order chi connectivity index (χ1) is 31.3. The average molecular weight is 906 g/mol. The summed E-state index contributed by atoms with van der Waals surface area (Å²) in [7, 11) is 0. The molecule has 380 valence electrons. The molecule has 0 radical (unpaired) electrons. The van der Waals surface area contributed by atoms with Gasteiger partial charge in [0.2, 0.25) is 0 Å². The predicted molar refractivity (Wildman–Crippen MR) is 275 cm³/mol. The molecule has 0 bridgehead atoms. The van der Waals surface area contributed by atoms with Gasteiger partial charge in [-0.05, 0) is 31.1 Å². The molecule has 0 aromatic rings. The highest BCUT2D eigenvalue weighted by Crippen LogP contribution is 2.18. The third-order valence-corrected chi connectivity index (χ3v) is 13.6. The zero-order chi connectivity index (χ0) is 46.8. The SMILES string of the molecule is CCCCCCCCCCCCCC(=O)O[C@@H](COC(=O)CCCCCCCCCCCCCCCCC(C)C)COC(=O)CCCCCCCCCCCCCCCCC(C)CC. The van der Waals surface area contributed by atoms with Crippen molar-refractivity contribution in [1.82, 2.24) is 0 Å². The van der Waals surface area contributed by atoms with Crippen LogP contribution in [-0.4, -0.2) is 37.2 Å². The van der Waals surface area contributed by atoms with Gasteiger partial charge in [0, 0.05) is 19.3 Å². The van der Waals surface area contributed by atoms with Crippen LogP contribution in [0, 0.1) is 11.8 Å². The highest BCUT2D eigenvalue weighted by atomic mass is 16.6. The Balaban J connectivity index is 4.25. The van der Waals surface area contributed by atoms with Gasteiger partial charge in [0.1, 0.15) is 13.2 Å². The standard InChI is InChI=1S/C58H112O6/c1-6-8-9-10-11-12-21-30-35-40-45-50-58(61)64-55(51-62-56(59)48-43-38-33-28-24-19-15-13-17-22-26-31-36-41-46-53(3)4)52-63-57(60)49-44-39-34-29-25-20-16-14-18-23-27-32-37-42-47-54(5)7-2/h53-55H,6-52H2,1-5H3/t54?,55-/m0/s1. The van der Waals surface area contributed by atoms with Crippen molar-refractivity contribution in [2.75, 3.05) is 13.2 Å². The first-order valence-electron chi connectivity index (χ1n) is 28.8. The van der Waals surface area contributed by atoms with E-state index < -0.39 is 6.10 Å². The van der Waals surface area contributed by atoms with Gasteiger partial charge in [-0.25, -0.2) is 0 Å². The fourth-order valence-corrected chi connectivity index (χ4v) is 8.84. The summed E-state index contributed by atoms with van der Waals surface area (Å²) in [5.74, 6) is 0.900. The molecule has 0 aromatic carbocycles. The molecule has 0 spiro atoms. The van der Waals surface area contributed by atoms with Crippen LogP contribution in [0.4, 0.5) is 0 Å². The predicted octanol–water partition coefficient (Wildman–Crippen LogP) is 18.9. The van der Waals surface area contributed by atoms with Crippen molar-refractivity contribution in [2.24, 2.45) is 11.8 Å². The van der Waals surface area contributed by atoms with Crippen molar-refractivity contribution in [1.29, 1.82) is 0 Å². The monoisotopic (exact) mass is 905 g/mol. The Morgan fingerprint density at radius 2 is 0.594 bits per heavy atom. The Labute approximate surface area is 399 Å². The third kappa shape index (κ3) is 49.8. The van der Waals surface area contributed by atoms with Crippen LogP contribution in [0.25, 0.3) is 0 Å². The van der Waals surface area contributed by atoms with Crippen molar-refractivity contribution >= 4 is 17.9 Å². The summed E-state index contributed by atoms with van der Waals surface area (Å²) >= 11 is 0. The second-order valence-corrected chi connectivity index (χ2v) is 20.6. The normalized spacial score (nSPS) is 12.5. The molecule has 64 heavy (non-hydrogen) atoms. The van der Waals surface area contributed by atoms with Crippen LogP contribution in [0.1, 0.15) is 324 Å². The number of carbonyl (C=O) groups excluding carboxylic acids is 3. The molecular weight excluding hydrogens is 793 g/mol. The van der Waals surface area contributed by atoms with E-state index >= 15 is 0 Å². The van der Waals surface area contributed by atoms with Gasteiger partial charge in [-0.15, -0.1) is 0 Å².